The van der Waals surface area contributed by atoms with Gasteiger partial charge in [0.15, 0.2) is 0 Å². The van der Waals surface area contributed by atoms with Crippen molar-refractivity contribution in [2.45, 2.75) is 54.4 Å². The van der Waals surface area contributed by atoms with Gasteiger partial charge in [-0.3, -0.25) is 4.79 Å². The lowest BCUT2D eigenvalue weighted by atomic mass is 9.64. The molecule has 102 valence electrons. The Balaban J connectivity index is 5.16. The fourth-order valence-electron chi connectivity index (χ4n) is 2.10. The van der Waals surface area contributed by atoms with Crippen molar-refractivity contribution >= 4 is 5.97 Å². The van der Waals surface area contributed by atoms with Crippen LogP contribution in [0.4, 0.5) is 0 Å². The fourth-order valence-corrected chi connectivity index (χ4v) is 2.10. The number of esters is 1. The van der Waals surface area contributed by atoms with Gasteiger partial charge in [0, 0.05) is 6.61 Å². The molecule has 0 aliphatic carbocycles. The van der Waals surface area contributed by atoms with Crippen LogP contribution in [0.1, 0.15) is 54.4 Å². The molecule has 1 unspecified atom stereocenters. The van der Waals surface area contributed by atoms with Crippen LogP contribution in [-0.2, 0) is 14.3 Å². The third-order valence-corrected chi connectivity index (χ3v) is 3.33. The highest BCUT2D eigenvalue weighted by atomic mass is 16.5. The lowest BCUT2D eigenvalue weighted by Crippen LogP contribution is -2.47. The van der Waals surface area contributed by atoms with Gasteiger partial charge in [-0.15, -0.1) is 0 Å². The molecule has 1 atom stereocenters. The van der Waals surface area contributed by atoms with Crippen molar-refractivity contribution in [1.29, 1.82) is 0 Å². The van der Waals surface area contributed by atoms with Gasteiger partial charge in [0.25, 0.3) is 0 Å². The van der Waals surface area contributed by atoms with Crippen molar-refractivity contribution in [3.8, 4) is 0 Å². The average molecular weight is 244 g/mol. The van der Waals surface area contributed by atoms with Crippen molar-refractivity contribution in [1.82, 2.24) is 0 Å². The lowest BCUT2D eigenvalue weighted by molar-refractivity contribution is -0.170. The maximum atomic E-state index is 12.3. The first kappa shape index (κ1) is 16.4. The van der Waals surface area contributed by atoms with Crippen LogP contribution in [-0.4, -0.2) is 25.8 Å². The average Bonchev–Trinajstić information content (AvgIpc) is 2.22. The van der Waals surface area contributed by atoms with E-state index in [1.807, 2.05) is 13.8 Å². The number of carbonyl (C=O) groups is 1. The van der Waals surface area contributed by atoms with Crippen molar-refractivity contribution in [3.63, 3.8) is 0 Å². The van der Waals surface area contributed by atoms with Gasteiger partial charge in [0.2, 0.25) is 0 Å². The minimum absolute atomic E-state index is 0.122. The largest absolute Gasteiger partial charge is 0.465 e. The van der Waals surface area contributed by atoms with E-state index in [1.165, 1.54) is 0 Å². The van der Waals surface area contributed by atoms with Gasteiger partial charge in [-0.2, -0.15) is 0 Å². The predicted octanol–water partition coefficient (Wildman–Crippen LogP) is 3.42. The molecule has 0 aliphatic rings. The molecule has 0 aromatic rings. The molecule has 0 aromatic carbocycles. The zero-order chi connectivity index (χ0) is 13.5. The molecule has 3 heteroatoms. The Kier molecular flexibility index (Phi) is 6.76. The van der Waals surface area contributed by atoms with Crippen LogP contribution in [0.2, 0.25) is 0 Å². The Morgan fingerprint density at radius 3 is 2.00 bits per heavy atom. The van der Waals surface area contributed by atoms with Crippen LogP contribution >= 0.6 is 0 Å². The first-order valence-electron chi connectivity index (χ1n) is 6.60. The first-order chi connectivity index (χ1) is 7.85. The zero-order valence-electron chi connectivity index (χ0n) is 12.3. The summed E-state index contributed by atoms with van der Waals surface area (Å²) in [5.41, 5.74) is -0.696. The summed E-state index contributed by atoms with van der Waals surface area (Å²) in [7, 11) is 0. The molecule has 0 aliphatic heterocycles. The summed E-state index contributed by atoms with van der Waals surface area (Å²) in [6.45, 7) is 13.6. The molecule has 0 spiro atoms. The van der Waals surface area contributed by atoms with Gasteiger partial charge < -0.3 is 9.47 Å². The van der Waals surface area contributed by atoms with Gasteiger partial charge in [-0.05, 0) is 25.7 Å². The monoisotopic (exact) mass is 244 g/mol. The predicted molar refractivity (Wildman–Crippen MR) is 69.9 cm³/mol. The van der Waals surface area contributed by atoms with E-state index in [9.17, 15) is 4.79 Å². The standard InChI is InChI=1S/C14H28O3/c1-7-10-14(11-16-8-2,13(4,5)6)12(15)17-9-3/h7-11H2,1-6H3. The highest BCUT2D eigenvalue weighted by Crippen LogP contribution is 2.44. The number of rotatable bonds is 7. The Hall–Kier alpha value is -0.570. The Morgan fingerprint density at radius 2 is 1.65 bits per heavy atom. The summed E-state index contributed by atoms with van der Waals surface area (Å²) in [6.07, 6.45) is 1.75. The molecule has 0 amide bonds. The topological polar surface area (TPSA) is 35.5 Å². The third kappa shape index (κ3) is 3.98. The number of hydrogen-bond acceptors (Lipinski definition) is 3. The van der Waals surface area contributed by atoms with E-state index in [0.29, 0.717) is 19.8 Å². The molecule has 0 saturated heterocycles. The van der Waals surface area contributed by atoms with Gasteiger partial charge >= 0.3 is 5.97 Å². The molecular formula is C14H28O3. The van der Waals surface area contributed by atoms with E-state index in [2.05, 4.69) is 27.7 Å². The quantitative estimate of drug-likeness (QED) is 0.644. The van der Waals surface area contributed by atoms with Gasteiger partial charge in [0.05, 0.1) is 18.6 Å². The summed E-state index contributed by atoms with van der Waals surface area (Å²) in [5, 5.41) is 0. The maximum absolute atomic E-state index is 12.3. The lowest BCUT2D eigenvalue weighted by Gasteiger charge is -2.42. The molecule has 0 rings (SSSR count). The molecular weight excluding hydrogens is 216 g/mol. The van der Waals surface area contributed by atoms with Crippen molar-refractivity contribution in [2.75, 3.05) is 19.8 Å². The van der Waals surface area contributed by atoms with Gasteiger partial charge in [-0.25, -0.2) is 0 Å². The highest BCUT2D eigenvalue weighted by Gasteiger charge is 2.49. The Bertz CT molecular complexity index is 230. The molecule has 3 nitrogen and oxygen atoms in total. The van der Waals surface area contributed by atoms with E-state index in [0.717, 1.165) is 12.8 Å². The van der Waals surface area contributed by atoms with Crippen molar-refractivity contribution in [3.05, 3.63) is 0 Å². The van der Waals surface area contributed by atoms with Crippen molar-refractivity contribution in [2.24, 2.45) is 10.8 Å². The molecule has 17 heavy (non-hydrogen) atoms. The summed E-state index contributed by atoms with van der Waals surface area (Å²) < 4.78 is 10.8. The Morgan fingerprint density at radius 1 is 1.06 bits per heavy atom. The Labute approximate surface area is 106 Å². The van der Waals surface area contributed by atoms with E-state index in [4.69, 9.17) is 9.47 Å². The maximum Gasteiger partial charge on any atom is 0.314 e. The van der Waals surface area contributed by atoms with Gasteiger partial charge in [-0.1, -0.05) is 34.1 Å². The van der Waals surface area contributed by atoms with E-state index in [1.54, 1.807) is 0 Å². The summed E-state index contributed by atoms with van der Waals surface area (Å²) >= 11 is 0. The number of ether oxygens (including phenoxy) is 2. The van der Waals surface area contributed by atoms with Crippen LogP contribution in [0.5, 0.6) is 0 Å². The second-order valence-electron chi connectivity index (χ2n) is 5.44. The fraction of sp³-hybridized carbons (Fsp3) is 0.929. The van der Waals surface area contributed by atoms with Crippen molar-refractivity contribution < 1.29 is 14.3 Å². The van der Waals surface area contributed by atoms with Crippen LogP contribution in [0.3, 0.4) is 0 Å². The van der Waals surface area contributed by atoms with Crippen LogP contribution in [0, 0.1) is 10.8 Å². The van der Waals surface area contributed by atoms with Crippen LogP contribution < -0.4 is 0 Å². The van der Waals surface area contributed by atoms with Gasteiger partial charge in [0.1, 0.15) is 0 Å². The van der Waals surface area contributed by atoms with Crippen LogP contribution in [0.25, 0.3) is 0 Å². The first-order valence-corrected chi connectivity index (χ1v) is 6.60. The van der Waals surface area contributed by atoms with E-state index < -0.39 is 5.41 Å². The molecule has 0 heterocycles. The van der Waals surface area contributed by atoms with Crippen LogP contribution in [0.15, 0.2) is 0 Å². The molecule has 0 bridgehead atoms. The summed E-state index contributed by atoms with van der Waals surface area (Å²) in [4.78, 5) is 12.3. The van der Waals surface area contributed by atoms with E-state index in [-0.39, 0.29) is 11.4 Å². The number of carbonyl (C=O) groups excluding carboxylic acids is 1. The minimum atomic E-state index is -0.534. The summed E-state index contributed by atoms with van der Waals surface area (Å²) in [6, 6.07) is 0. The third-order valence-electron chi connectivity index (χ3n) is 3.33. The highest BCUT2D eigenvalue weighted by molar-refractivity contribution is 5.78. The minimum Gasteiger partial charge on any atom is -0.465 e. The summed E-state index contributed by atoms with van der Waals surface area (Å²) in [5.74, 6) is -0.122. The molecule has 0 saturated carbocycles. The molecule has 0 aromatic heterocycles. The molecule has 0 N–H and O–H groups in total. The number of hydrogen-bond donors (Lipinski definition) is 0. The second-order valence-corrected chi connectivity index (χ2v) is 5.44. The molecule has 0 radical (unpaired) electrons. The second kappa shape index (κ2) is 7.00. The molecule has 0 fully saturated rings. The normalized spacial score (nSPS) is 15.4. The van der Waals surface area contributed by atoms with E-state index >= 15 is 0 Å². The zero-order valence-corrected chi connectivity index (χ0v) is 12.3. The smallest absolute Gasteiger partial charge is 0.314 e. The SMILES string of the molecule is CCCC(COCC)(C(=O)OCC)C(C)(C)C.